The Morgan fingerprint density at radius 3 is 2.77 bits per heavy atom. The number of rotatable bonds is 4. The highest BCUT2D eigenvalue weighted by atomic mass is 19.4. The van der Waals surface area contributed by atoms with Crippen LogP contribution >= 0.6 is 0 Å². The average molecular weight is 419 g/mol. The summed E-state index contributed by atoms with van der Waals surface area (Å²) in [7, 11) is 0. The summed E-state index contributed by atoms with van der Waals surface area (Å²) in [4.78, 5) is 22.7. The summed E-state index contributed by atoms with van der Waals surface area (Å²) in [6.45, 7) is 4.36. The Morgan fingerprint density at radius 1 is 1.23 bits per heavy atom. The summed E-state index contributed by atoms with van der Waals surface area (Å²) in [5.41, 5.74) is 1.84. The topological polar surface area (TPSA) is 70.2 Å². The molecule has 4 rings (SSSR count). The fourth-order valence-electron chi connectivity index (χ4n) is 4.22. The quantitative estimate of drug-likeness (QED) is 0.790. The largest absolute Gasteiger partial charge is 0.416 e. The van der Waals surface area contributed by atoms with Gasteiger partial charge in [0.15, 0.2) is 0 Å². The summed E-state index contributed by atoms with van der Waals surface area (Å²) < 4.78 is 39.7. The minimum atomic E-state index is -4.42. The first kappa shape index (κ1) is 20.4. The molecule has 6 nitrogen and oxygen atoms in total. The van der Waals surface area contributed by atoms with Gasteiger partial charge in [-0.05, 0) is 50.3 Å². The maximum atomic E-state index is 13.2. The molecule has 0 bridgehead atoms. The van der Waals surface area contributed by atoms with Gasteiger partial charge in [-0.3, -0.25) is 4.79 Å². The number of nitrogens with one attached hydrogen (secondary N) is 2. The van der Waals surface area contributed by atoms with Gasteiger partial charge < -0.3 is 15.5 Å². The van der Waals surface area contributed by atoms with Crippen molar-refractivity contribution in [2.24, 2.45) is 0 Å². The lowest BCUT2D eigenvalue weighted by molar-refractivity contribution is -0.138. The van der Waals surface area contributed by atoms with Crippen molar-refractivity contribution in [3.63, 3.8) is 0 Å². The number of carbonyl (C=O) groups is 1. The number of nitrogens with zero attached hydrogens (tertiary/aromatic N) is 3. The van der Waals surface area contributed by atoms with Crippen molar-refractivity contribution in [3.05, 3.63) is 40.6 Å². The maximum absolute atomic E-state index is 13.2. The van der Waals surface area contributed by atoms with Crippen LogP contribution in [-0.4, -0.2) is 35.0 Å². The number of alkyl halides is 3. The van der Waals surface area contributed by atoms with Crippen molar-refractivity contribution in [2.75, 3.05) is 23.3 Å². The molecule has 0 saturated carbocycles. The zero-order chi connectivity index (χ0) is 21.5. The van der Waals surface area contributed by atoms with Gasteiger partial charge in [-0.15, -0.1) is 0 Å². The predicted molar refractivity (Wildman–Crippen MR) is 108 cm³/mol. The van der Waals surface area contributed by atoms with Gasteiger partial charge in [0.05, 0.1) is 11.3 Å². The molecule has 1 fully saturated rings. The van der Waals surface area contributed by atoms with Gasteiger partial charge in [-0.25, -0.2) is 4.98 Å². The molecule has 1 aliphatic carbocycles. The van der Waals surface area contributed by atoms with Crippen LogP contribution < -0.4 is 15.5 Å². The Bertz CT molecular complexity index is 976. The Balaban J connectivity index is 1.62. The van der Waals surface area contributed by atoms with Crippen LogP contribution in [0.15, 0.2) is 18.2 Å². The second kappa shape index (κ2) is 7.77. The van der Waals surface area contributed by atoms with E-state index in [2.05, 4.69) is 25.5 Å². The van der Waals surface area contributed by atoms with Crippen molar-refractivity contribution in [1.82, 2.24) is 15.3 Å². The van der Waals surface area contributed by atoms with E-state index < -0.39 is 11.7 Å². The number of hydrogen-bond donors (Lipinski definition) is 2. The number of anilines is 3. The highest BCUT2D eigenvalue weighted by molar-refractivity contribution is 5.73. The first-order valence-electron chi connectivity index (χ1n) is 10.1. The van der Waals surface area contributed by atoms with Gasteiger partial charge in [-0.1, -0.05) is 6.07 Å². The second-order valence-electron chi connectivity index (χ2n) is 7.93. The Morgan fingerprint density at radius 2 is 2.03 bits per heavy atom. The molecule has 1 amide bonds. The van der Waals surface area contributed by atoms with Crippen LogP contribution in [0.3, 0.4) is 0 Å². The van der Waals surface area contributed by atoms with E-state index in [1.807, 2.05) is 0 Å². The maximum Gasteiger partial charge on any atom is 0.416 e. The van der Waals surface area contributed by atoms with Crippen LogP contribution in [-0.2, 0) is 23.8 Å². The number of aryl methyl sites for hydroxylation is 2. The number of amides is 1. The first-order valence-corrected chi connectivity index (χ1v) is 10.1. The lowest BCUT2D eigenvalue weighted by atomic mass is 10.1. The Hall–Kier alpha value is -2.84. The molecule has 9 heteroatoms. The zero-order valence-corrected chi connectivity index (χ0v) is 16.9. The van der Waals surface area contributed by atoms with Crippen LogP contribution in [0.25, 0.3) is 0 Å². The van der Waals surface area contributed by atoms with Crippen LogP contribution in [0.2, 0.25) is 0 Å². The number of carbonyl (C=O) groups excluding carboxylic acids is 1. The van der Waals surface area contributed by atoms with Crippen LogP contribution in [0.4, 0.5) is 30.6 Å². The van der Waals surface area contributed by atoms with E-state index in [-0.39, 0.29) is 17.5 Å². The second-order valence-corrected chi connectivity index (χ2v) is 7.93. The average Bonchev–Trinajstić information content (AvgIpc) is 3.30. The highest BCUT2D eigenvalue weighted by Crippen LogP contribution is 2.35. The molecule has 2 aliphatic rings. The van der Waals surface area contributed by atoms with Crippen molar-refractivity contribution < 1.29 is 18.0 Å². The molecular weight excluding hydrogens is 395 g/mol. The van der Waals surface area contributed by atoms with Crippen molar-refractivity contribution in [3.8, 4) is 0 Å². The lowest BCUT2D eigenvalue weighted by Gasteiger charge is -2.22. The van der Waals surface area contributed by atoms with Gasteiger partial charge >= 0.3 is 6.18 Å². The molecule has 2 heterocycles. The minimum absolute atomic E-state index is 0.0584. The predicted octanol–water partition coefficient (Wildman–Crippen LogP) is 3.75. The molecule has 1 saturated heterocycles. The molecule has 30 heavy (non-hydrogen) atoms. The molecule has 0 radical (unpaired) electrons. The molecule has 1 aliphatic heterocycles. The van der Waals surface area contributed by atoms with Gasteiger partial charge in [0, 0.05) is 37.3 Å². The van der Waals surface area contributed by atoms with E-state index in [0.29, 0.717) is 18.2 Å². The number of aromatic nitrogens is 2. The van der Waals surface area contributed by atoms with E-state index in [4.69, 9.17) is 0 Å². The fourth-order valence-corrected chi connectivity index (χ4v) is 4.22. The fraction of sp³-hybridized carbons (Fsp3) is 0.476. The summed E-state index contributed by atoms with van der Waals surface area (Å²) >= 11 is 0. The molecule has 0 spiro atoms. The van der Waals surface area contributed by atoms with Crippen LogP contribution in [0.5, 0.6) is 0 Å². The molecule has 1 aromatic carbocycles. The molecule has 1 aromatic heterocycles. The van der Waals surface area contributed by atoms with E-state index >= 15 is 0 Å². The molecule has 0 unspecified atom stereocenters. The van der Waals surface area contributed by atoms with Crippen molar-refractivity contribution >= 4 is 23.4 Å². The van der Waals surface area contributed by atoms with E-state index in [0.717, 1.165) is 55.4 Å². The number of fused-ring (bicyclic) bond motifs is 1. The standard InChI is InChI=1S/C21H24F3N5O/c1-12-6-7-14(10-17(12)21(22,23)24)26-20-27-18-5-3-4-16(18)19(28-20)29-9-8-15(11-29)25-13(2)30/h6-7,10,15H,3-5,8-9,11H2,1-2H3,(H,25,30)(H,26,27,28)/t15-/m0/s1. The third-order valence-electron chi connectivity index (χ3n) is 5.61. The number of halogens is 3. The summed E-state index contributed by atoms with van der Waals surface area (Å²) in [5.74, 6) is 1.05. The van der Waals surface area contributed by atoms with E-state index in [1.54, 1.807) is 6.07 Å². The first-order chi connectivity index (χ1) is 14.2. The third kappa shape index (κ3) is 4.20. The monoisotopic (exact) mass is 419 g/mol. The summed E-state index contributed by atoms with van der Waals surface area (Å²) in [6, 6.07) is 4.20. The van der Waals surface area contributed by atoms with Gasteiger partial charge in [0.1, 0.15) is 5.82 Å². The van der Waals surface area contributed by atoms with Crippen molar-refractivity contribution in [2.45, 2.75) is 51.7 Å². The van der Waals surface area contributed by atoms with Crippen molar-refractivity contribution in [1.29, 1.82) is 0 Å². The Kier molecular flexibility index (Phi) is 5.29. The van der Waals surface area contributed by atoms with E-state index in [9.17, 15) is 18.0 Å². The molecular formula is C21H24F3N5O. The molecule has 160 valence electrons. The zero-order valence-electron chi connectivity index (χ0n) is 16.9. The van der Waals surface area contributed by atoms with Gasteiger partial charge in [-0.2, -0.15) is 18.2 Å². The number of hydrogen-bond acceptors (Lipinski definition) is 5. The van der Waals surface area contributed by atoms with Crippen LogP contribution in [0.1, 0.15) is 42.1 Å². The Labute approximate surface area is 172 Å². The summed E-state index contributed by atoms with van der Waals surface area (Å²) in [5, 5.41) is 5.91. The van der Waals surface area contributed by atoms with E-state index in [1.165, 1.54) is 19.9 Å². The summed E-state index contributed by atoms with van der Waals surface area (Å²) in [6.07, 6.45) is -0.903. The normalized spacial score (nSPS) is 18.4. The molecule has 2 aromatic rings. The van der Waals surface area contributed by atoms with Gasteiger partial charge in [0.25, 0.3) is 0 Å². The smallest absolute Gasteiger partial charge is 0.354 e. The van der Waals surface area contributed by atoms with Gasteiger partial charge in [0.2, 0.25) is 11.9 Å². The SMILES string of the molecule is CC(=O)N[C@H]1CCN(c2nc(Nc3ccc(C)c(C(F)(F)F)c3)nc3c2CCC3)C1. The minimum Gasteiger partial charge on any atom is -0.354 e. The number of benzene rings is 1. The molecule has 1 atom stereocenters. The van der Waals surface area contributed by atoms with Crippen LogP contribution in [0, 0.1) is 6.92 Å². The molecule has 2 N–H and O–H groups in total. The lowest BCUT2D eigenvalue weighted by Crippen LogP contribution is -2.36. The highest BCUT2D eigenvalue weighted by Gasteiger charge is 2.33. The third-order valence-corrected chi connectivity index (χ3v) is 5.61.